The van der Waals surface area contributed by atoms with Crippen LogP contribution in [0.2, 0.25) is 0 Å². The normalized spacial score (nSPS) is 11.0. The van der Waals surface area contributed by atoms with Gasteiger partial charge < -0.3 is 4.57 Å². The summed E-state index contributed by atoms with van der Waals surface area (Å²) in [5.74, 6) is -0.257. The number of carbonyl (C=O) groups excluding carboxylic acids is 1. The van der Waals surface area contributed by atoms with E-state index in [-0.39, 0.29) is 12.5 Å². The van der Waals surface area contributed by atoms with E-state index in [2.05, 4.69) is 26.7 Å². The molecule has 0 saturated heterocycles. The van der Waals surface area contributed by atoms with Crippen molar-refractivity contribution in [2.75, 3.05) is 0 Å². The quantitative estimate of drug-likeness (QED) is 0.383. The summed E-state index contributed by atoms with van der Waals surface area (Å²) in [6, 6.07) is 19.5. The SMILES string of the molecule is N#CCCn1cc(/C=N\NC(=O)Cn2cnc3ccccc32)c(-c2ccccc2)n1. The Morgan fingerprint density at radius 3 is 2.80 bits per heavy atom. The first-order chi connectivity index (χ1) is 14.7. The predicted octanol–water partition coefficient (Wildman–Crippen LogP) is 2.96. The number of carbonyl (C=O) groups is 1. The highest BCUT2D eigenvalue weighted by Gasteiger charge is 2.10. The van der Waals surface area contributed by atoms with E-state index >= 15 is 0 Å². The lowest BCUT2D eigenvalue weighted by atomic mass is 10.1. The van der Waals surface area contributed by atoms with E-state index in [0.717, 1.165) is 27.9 Å². The molecule has 8 heteroatoms. The van der Waals surface area contributed by atoms with Crippen LogP contribution in [-0.4, -0.2) is 31.5 Å². The fourth-order valence-corrected chi connectivity index (χ4v) is 3.13. The highest BCUT2D eigenvalue weighted by atomic mass is 16.2. The van der Waals surface area contributed by atoms with Gasteiger partial charge in [0.15, 0.2) is 0 Å². The van der Waals surface area contributed by atoms with Gasteiger partial charge in [-0.2, -0.15) is 15.5 Å². The molecule has 2 heterocycles. The Hall–Kier alpha value is -4.25. The third kappa shape index (κ3) is 4.25. The van der Waals surface area contributed by atoms with Crippen LogP contribution in [0.4, 0.5) is 0 Å². The molecule has 0 aliphatic rings. The van der Waals surface area contributed by atoms with Crippen molar-refractivity contribution in [1.29, 1.82) is 5.26 Å². The van der Waals surface area contributed by atoms with Gasteiger partial charge in [0, 0.05) is 17.3 Å². The summed E-state index contributed by atoms with van der Waals surface area (Å²) >= 11 is 0. The van der Waals surface area contributed by atoms with Gasteiger partial charge in [-0.1, -0.05) is 42.5 Å². The van der Waals surface area contributed by atoms with Gasteiger partial charge in [-0.05, 0) is 12.1 Å². The number of nitrogens with zero attached hydrogens (tertiary/aromatic N) is 6. The van der Waals surface area contributed by atoms with Crippen LogP contribution in [-0.2, 0) is 17.9 Å². The Labute approximate surface area is 173 Å². The first-order valence-electron chi connectivity index (χ1n) is 9.46. The molecule has 0 saturated carbocycles. The average molecular weight is 397 g/mol. The maximum atomic E-state index is 12.3. The van der Waals surface area contributed by atoms with E-state index in [9.17, 15) is 4.79 Å². The minimum absolute atomic E-state index is 0.116. The zero-order chi connectivity index (χ0) is 20.8. The summed E-state index contributed by atoms with van der Waals surface area (Å²) < 4.78 is 3.49. The molecule has 8 nitrogen and oxygen atoms in total. The maximum absolute atomic E-state index is 12.3. The van der Waals surface area contributed by atoms with Gasteiger partial charge in [0.1, 0.15) is 12.2 Å². The molecule has 2 aromatic heterocycles. The molecule has 4 aromatic rings. The van der Waals surface area contributed by atoms with Crippen molar-refractivity contribution in [3.8, 4) is 17.3 Å². The topological polar surface area (TPSA) is 101 Å². The molecule has 0 atom stereocenters. The lowest BCUT2D eigenvalue weighted by Crippen LogP contribution is -2.22. The molecule has 148 valence electrons. The van der Waals surface area contributed by atoms with E-state index in [1.54, 1.807) is 21.8 Å². The number of benzene rings is 2. The molecule has 0 spiro atoms. The molecule has 0 fully saturated rings. The van der Waals surface area contributed by atoms with Crippen LogP contribution in [0.25, 0.3) is 22.3 Å². The second kappa shape index (κ2) is 8.84. The summed E-state index contributed by atoms with van der Waals surface area (Å²) in [5, 5.41) is 17.5. The zero-order valence-corrected chi connectivity index (χ0v) is 16.1. The van der Waals surface area contributed by atoms with E-state index in [1.165, 1.54) is 0 Å². The molecule has 30 heavy (non-hydrogen) atoms. The molecule has 1 amide bonds. The van der Waals surface area contributed by atoms with Crippen molar-refractivity contribution in [1.82, 2.24) is 24.8 Å². The average Bonchev–Trinajstić information content (AvgIpc) is 3.37. The van der Waals surface area contributed by atoms with Crippen LogP contribution < -0.4 is 5.43 Å². The Morgan fingerprint density at radius 2 is 1.97 bits per heavy atom. The molecule has 0 unspecified atom stereocenters. The number of hydrogen-bond acceptors (Lipinski definition) is 5. The lowest BCUT2D eigenvalue weighted by molar-refractivity contribution is -0.121. The second-order valence-electron chi connectivity index (χ2n) is 6.62. The van der Waals surface area contributed by atoms with E-state index in [4.69, 9.17) is 5.26 Å². The van der Waals surface area contributed by atoms with Crippen molar-refractivity contribution in [2.45, 2.75) is 19.5 Å². The fourth-order valence-electron chi connectivity index (χ4n) is 3.13. The van der Waals surface area contributed by atoms with Crippen molar-refractivity contribution in [2.24, 2.45) is 5.10 Å². The predicted molar refractivity (Wildman–Crippen MR) is 113 cm³/mol. The number of amides is 1. The molecular weight excluding hydrogens is 378 g/mol. The van der Waals surface area contributed by atoms with Crippen LogP contribution >= 0.6 is 0 Å². The van der Waals surface area contributed by atoms with Gasteiger partial charge in [-0.25, -0.2) is 10.4 Å². The standard InChI is InChI=1S/C22H19N7O/c23-11-6-12-29-14-18(22(27-29)17-7-2-1-3-8-17)13-25-26-21(30)15-28-16-24-19-9-4-5-10-20(19)28/h1-5,7-10,13-14,16H,6,12,15H2,(H,26,30)/b25-13-. The summed E-state index contributed by atoms with van der Waals surface area (Å²) in [4.78, 5) is 16.6. The Morgan fingerprint density at radius 1 is 1.17 bits per heavy atom. The molecule has 0 radical (unpaired) electrons. The number of hydrogen-bond donors (Lipinski definition) is 1. The number of para-hydroxylation sites is 2. The van der Waals surface area contributed by atoms with Crippen LogP contribution in [0.3, 0.4) is 0 Å². The molecule has 2 aromatic carbocycles. The van der Waals surface area contributed by atoms with Crippen LogP contribution in [0.5, 0.6) is 0 Å². The molecule has 0 aliphatic carbocycles. The first-order valence-corrected chi connectivity index (χ1v) is 9.46. The minimum Gasteiger partial charge on any atom is -0.321 e. The van der Waals surface area contributed by atoms with Crippen molar-refractivity contribution in [3.05, 3.63) is 72.7 Å². The Balaban J connectivity index is 1.48. The number of rotatable bonds is 7. The largest absolute Gasteiger partial charge is 0.321 e. The summed E-state index contributed by atoms with van der Waals surface area (Å²) in [6.45, 7) is 0.606. The minimum atomic E-state index is -0.257. The number of fused-ring (bicyclic) bond motifs is 1. The highest BCUT2D eigenvalue weighted by molar-refractivity contribution is 5.89. The third-order valence-electron chi connectivity index (χ3n) is 4.52. The first kappa shape index (κ1) is 19.1. The highest BCUT2D eigenvalue weighted by Crippen LogP contribution is 2.20. The third-order valence-corrected chi connectivity index (χ3v) is 4.52. The zero-order valence-electron chi connectivity index (χ0n) is 16.1. The molecule has 4 rings (SSSR count). The lowest BCUT2D eigenvalue weighted by Gasteiger charge is -2.03. The van der Waals surface area contributed by atoms with E-state index in [1.807, 2.05) is 60.8 Å². The number of aryl methyl sites for hydroxylation is 1. The number of hydrazone groups is 1. The molecule has 0 aliphatic heterocycles. The van der Waals surface area contributed by atoms with Gasteiger partial charge in [0.2, 0.25) is 0 Å². The number of nitriles is 1. The van der Waals surface area contributed by atoms with Crippen LogP contribution in [0.1, 0.15) is 12.0 Å². The van der Waals surface area contributed by atoms with Gasteiger partial charge >= 0.3 is 0 Å². The Bertz CT molecular complexity index is 1230. The van der Waals surface area contributed by atoms with Gasteiger partial charge in [-0.3, -0.25) is 9.48 Å². The summed E-state index contributed by atoms with van der Waals surface area (Å²) in [6.07, 6.45) is 5.39. The number of aromatic nitrogens is 4. The van der Waals surface area contributed by atoms with Gasteiger partial charge in [0.25, 0.3) is 5.91 Å². The van der Waals surface area contributed by atoms with Gasteiger partial charge in [0.05, 0.1) is 42.6 Å². The molecule has 0 bridgehead atoms. The smallest absolute Gasteiger partial charge is 0.260 e. The summed E-state index contributed by atoms with van der Waals surface area (Å²) in [5.41, 5.74) is 6.72. The monoisotopic (exact) mass is 397 g/mol. The van der Waals surface area contributed by atoms with Crippen molar-refractivity contribution < 1.29 is 4.79 Å². The fraction of sp³-hybridized carbons (Fsp3) is 0.136. The van der Waals surface area contributed by atoms with Gasteiger partial charge in [-0.15, -0.1) is 0 Å². The van der Waals surface area contributed by atoms with Crippen molar-refractivity contribution >= 4 is 23.2 Å². The number of nitrogens with one attached hydrogen (secondary N) is 1. The molecule has 1 N–H and O–H groups in total. The number of imidazole rings is 1. The van der Waals surface area contributed by atoms with E-state index < -0.39 is 0 Å². The van der Waals surface area contributed by atoms with Crippen molar-refractivity contribution in [3.63, 3.8) is 0 Å². The van der Waals surface area contributed by atoms with Crippen LogP contribution in [0.15, 0.2) is 72.2 Å². The second-order valence-corrected chi connectivity index (χ2v) is 6.62. The van der Waals surface area contributed by atoms with E-state index in [0.29, 0.717) is 13.0 Å². The van der Waals surface area contributed by atoms with Crippen LogP contribution in [0, 0.1) is 11.3 Å². The maximum Gasteiger partial charge on any atom is 0.260 e. The molecular formula is C22H19N7O. The Kier molecular flexibility index (Phi) is 5.62. The summed E-state index contributed by atoms with van der Waals surface area (Å²) in [7, 11) is 0.